The highest BCUT2D eigenvalue weighted by Crippen LogP contribution is 2.44. The van der Waals surface area contributed by atoms with Crippen molar-refractivity contribution in [1.82, 2.24) is 20.1 Å². The maximum absolute atomic E-state index is 14.5. The van der Waals surface area contributed by atoms with E-state index in [1.165, 1.54) is 16.0 Å². The van der Waals surface area contributed by atoms with E-state index in [-0.39, 0.29) is 24.9 Å². The van der Waals surface area contributed by atoms with Gasteiger partial charge in [0.2, 0.25) is 5.91 Å². The fraction of sp³-hybridized carbons (Fsp3) is 0.429. The molecule has 9 heteroatoms. The summed E-state index contributed by atoms with van der Waals surface area (Å²) in [6.45, 7) is 2.48. The van der Waals surface area contributed by atoms with Crippen molar-refractivity contribution in [3.05, 3.63) is 69.8 Å². The molecule has 0 bridgehead atoms. The minimum Gasteiger partial charge on any atom is -0.394 e. The Morgan fingerprint density at radius 1 is 1.32 bits per heavy atom. The number of hydrogen-bond donors (Lipinski definition) is 3. The average molecular weight is 506 g/mol. The number of nitrogens with zero attached hydrogens (tertiary/aromatic N) is 4. The van der Waals surface area contributed by atoms with E-state index < -0.39 is 6.10 Å². The van der Waals surface area contributed by atoms with E-state index in [2.05, 4.69) is 32.6 Å². The van der Waals surface area contributed by atoms with Crippen molar-refractivity contribution < 1.29 is 19.4 Å². The summed E-state index contributed by atoms with van der Waals surface area (Å²) >= 11 is 0. The Balaban J connectivity index is 1.23. The molecule has 3 atom stereocenters. The highest BCUT2D eigenvalue weighted by Gasteiger charge is 2.39. The van der Waals surface area contributed by atoms with Crippen LogP contribution in [0.5, 0.6) is 0 Å². The van der Waals surface area contributed by atoms with Crippen molar-refractivity contribution in [3.8, 4) is 0 Å². The lowest BCUT2D eigenvalue weighted by Gasteiger charge is -2.29. The Bertz CT molecular complexity index is 1310. The molecular formula is C28H32FN5O3. The zero-order chi connectivity index (χ0) is 25.8. The predicted octanol–water partition coefficient (Wildman–Crippen LogP) is 1.39. The number of benzene rings is 1. The average Bonchev–Trinajstić information content (AvgIpc) is 3.52. The molecule has 37 heavy (non-hydrogen) atoms. The summed E-state index contributed by atoms with van der Waals surface area (Å²) in [6, 6.07) is 3.17. The predicted molar refractivity (Wildman–Crippen MR) is 140 cm³/mol. The summed E-state index contributed by atoms with van der Waals surface area (Å²) in [4.78, 5) is 18.4. The first-order chi connectivity index (χ1) is 17.8. The van der Waals surface area contributed by atoms with E-state index in [0.29, 0.717) is 18.4 Å². The van der Waals surface area contributed by atoms with Gasteiger partial charge in [-0.1, -0.05) is 12.2 Å². The highest BCUT2D eigenvalue weighted by molar-refractivity contribution is 6.20. The second-order valence-electron chi connectivity index (χ2n) is 10.8. The molecule has 6 rings (SSSR count). The van der Waals surface area contributed by atoms with Gasteiger partial charge in [-0.2, -0.15) is 5.10 Å². The fourth-order valence-corrected chi connectivity index (χ4v) is 6.28. The van der Waals surface area contributed by atoms with E-state index in [0.717, 1.165) is 59.7 Å². The number of halogens is 1. The molecular weight excluding hydrogens is 473 g/mol. The minimum atomic E-state index is -0.919. The molecule has 0 saturated carbocycles. The molecule has 1 fully saturated rings. The van der Waals surface area contributed by atoms with Gasteiger partial charge in [0.15, 0.2) is 0 Å². The van der Waals surface area contributed by atoms with Gasteiger partial charge in [-0.15, -0.1) is 0 Å². The van der Waals surface area contributed by atoms with Gasteiger partial charge in [-0.3, -0.25) is 15.1 Å². The van der Waals surface area contributed by atoms with Crippen LogP contribution in [-0.4, -0.2) is 96.1 Å². The third-order valence-corrected chi connectivity index (χ3v) is 8.05. The van der Waals surface area contributed by atoms with E-state index in [4.69, 9.17) is 5.11 Å². The third-order valence-electron chi connectivity index (χ3n) is 8.05. The summed E-state index contributed by atoms with van der Waals surface area (Å²) < 4.78 is 14.5. The van der Waals surface area contributed by atoms with Gasteiger partial charge in [0, 0.05) is 57.6 Å². The summed E-state index contributed by atoms with van der Waals surface area (Å²) in [5.41, 5.74) is 11.2. The Hall–Kier alpha value is -3.27. The third kappa shape index (κ3) is 4.31. The van der Waals surface area contributed by atoms with Crippen LogP contribution in [0.15, 0.2) is 52.4 Å². The number of likely N-dealkylation sites (tertiary alicyclic amines) is 1. The van der Waals surface area contributed by atoms with Crippen LogP contribution in [0, 0.1) is 17.7 Å². The number of amides is 1. The number of nitrogens with one attached hydrogen (secondary N) is 1. The normalized spacial score (nSPS) is 24.6. The first-order valence-electron chi connectivity index (χ1n) is 12.8. The lowest BCUT2D eigenvalue weighted by Crippen LogP contribution is -2.41. The van der Waals surface area contributed by atoms with Crippen molar-refractivity contribution in [2.75, 3.05) is 53.4 Å². The number of aliphatic hydroxyl groups excluding tert-OH is 2. The first-order valence-corrected chi connectivity index (χ1v) is 12.8. The van der Waals surface area contributed by atoms with E-state index >= 15 is 0 Å². The molecule has 3 heterocycles. The summed E-state index contributed by atoms with van der Waals surface area (Å²) in [5, 5.41) is 23.4. The van der Waals surface area contributed by atoms with Gasteiger partial charge in [-0.25, -0.2) is 4.39 Å². The molecule has 1 saturated heterocycles. The van der Waals surface area contributed by atoms with Crippen molar-refractivity contribution in [1.29, 1.82) is 0 Å². The number of allylic oxidation sites excluding steroid dienone is 2. The molecule has 1 aromatic carbocycles. The van der Waals surface area contributed by atoms with Gasteiger partial charge in [0.05, 0.1) is 30.7 Å². The second kappa shape index (κ2) is 9.24. The first kappa shape index (κ1) is 24.1. The van der Waals surface area contributed by atoms with Crippen LogP contribution < -0.4 is 5.43 Å². The van der Waals surface area contributed by atoms with E-state index in [9.17, 15) is 14.3 Å². The van der Waals surface area contributed by atoms with Crippen LogP contribution >= 0.6 is 0 Å². The van der Waals surface area contributed by atoms with Crippen LogP contribution in [0.1, 0.15) is 23.1 Å². The van der Waals surface area contributed by atoms with E-state index in [1.807, 2.05) is 19.2 Å². The maximum Gasteiger partial charge on any atom is 0.236 e. The number of aliphatic hydroxyl groups is 2. The van der Waals surface area contributed by atoms with Gasteiger partial charge in [-0.05, 0) is 58.7 Å². The molecule has 0 radical (unpaired) electrons. The molecule has 8 nitrogen and oxygen atoms in total. The van der Waals surface area contributed by atoms with Gasteiger partial charge in [0.25, 0.3) is 0 Å². The van der Waals surface area contributed by atoms with Crippen LogP contribution in [-0.2, 0) is 4.79 Å². The van der Waals surface area contributed by atoms with Crippen molar-refractivity contribution in [3.63, 3.8) is 0 Å². The zero-order valence-corrected chi connectivity index (χ0v) is 21.1. The van der Waals surface area contributed by atoms with Crippen molar-refractivity contribution in [2.45, 2.75) is 12.5 Å². The number of carbonyl (C=O) groups excluding carboxylic acids is 1. The minimum absolute atomic E-state index is 0.0534. The number of likely N-dealkylation sites (N-methyl/N-ethyl adjacent to an activating group) is 2. The topological polar surface area (TPSA) is 91.6 Å². The molecule has 3 N–H and O–H groups in total. The molecule has 1 aromatic rings. The maximum atomic E-state index is 14.5. The lowest BCUT2D eigenvalue weighted by molar-refractivity contribution is -0.132. The van der Waals surface area contributed by atoms with Crippen LogP contribution in [0.3, 0.4) is 0 Å². The quantitative estimate of drug-likeness (QED) is 0.542. The monoisotopic (exact) mass is 505 g/mol. The van der Waals surface area contributed by atoms with Gasteiger partial charge >= 0.3 is 0 Å². The van der Waals surface area contributed by atoms with Crippen molar-refractivity contribution >= 4 is 23.3 Å². The smallest absolute Gasteiger partial charge is 0.236 e. The highest BCUT2D eigenvalue weighted by atomic mass is 19.1. The molecule has 1 amide bonds. The van der Waals surface area contributed by atoms with E-state index in [1.54, 1.807) is 19.2 Å². The molecule has 3 unspecified atom stereocenters. The molecule has 194 valence electrons. The summed E-state index contributed by atoms with van der Waals surface area (Å²) in [5.74, 6) is 0.499. The fourth-order valence-electron chi connectivity index (χ4n) is 6.28. The SMILES string of the molecule is CN1C=C2C(=C(C3=CC4CN(CC(=O)N(C)CC(O)CO)CC4C3)C1)NN=C1C=Cc3cc(F)cc2c31. The molecule has 2 aliphatic carbocycles. The number of fused-ring (bicyclic) bond motifs is 3. The number of hydrogen-bond acceptors (Lipinski definition) is 7. The molecule has 5 aliphatic rings. The van der Waals surface area contributed by atoms with Crippen LogP contribution in [0.4, 0.5) is 4.39 Å². The molecule has 3 aliphatic heterocycles. The Morgan fingerprint density at radius 3 is 2.95 bits per heavy atom. The zero-order valence-electron chi connectivity index (χ0n) is 21.1. The van der Waals surface area contributed by atoms with Gasteiger partial charge < -0.3 is 20.0 Å². The van der Waals surface area contributed by atoms with Crippen LogP contribution in [0.2, 0.25) is 0 Å². The van der Waals surface area contributed by atoms with Gasteiger partial charge in [0.1, 0.15) is 5.82 Å². The number of hydrazone groups is 1. The largest absolute Gasteiger partial charge is 0.394 e. The lowest BCUT2D eigenvalue weighted by atomic mass is 9.88. The second-order valence-corrected chi connectivity index (χ2v) is 10.8. The van der Waals surface area contributed by atoms with Crippen LogP contribution in [0.25, 0.3) is 11.6 Å². The summed E-state index contributed by atoms with van der Waals surface area (Å²) in [7, 11) is 3.70. The Morgan fingerprint density at radius 2 is 2.16 bits per heavy atom. The summed E-state index contributed by atoms with van der Waals surface area (Å²) in [6.07, 6.45) is 8.28. The number of carbonyl (C=O) groups is 1. The standard InChI is InChI=1S/C28H32FN5O3/c1-32-12-23(28-24(13-32)22-8-20(29)7-16-3-4-25(27(16)22)30-31-28)17-5-18-9-34(10-19(18)6-17)14-26(37)33(2)11-21(36)15-35/h3-5,7-8,13,18-19,21,31,35-36H,6,9-12,14-15H2,1-2H3. The Labute approximate surface area is 215 Å². The molecule has 0 aromatic heterocycles. The Kier molecular flexibility index (Phi) is 6.01. The number of rotatable bonds is 6. The van der Waals surface area contributed by atoms with Crippen molar-refractivity contribution in [2.24, 2.45) is 16.9 Å². The molecule has 0 spiro atoms.